The van der Waals surface area contributed by atoms with Gasteiger partial charge >= 0.3 is 0 Å². The maximum absolute atomic E-state index is 11.7. The molecule has 18 heavy (non-hydrogen) atoms. The Bertz CT molecular complexity index is 410. The van der Waals surface area contributed by atoms with Crippen molar-refractivity contribution in [3.8, 4) is 0 Å². The Balaban J connectivity index is 1.82. The molecule has 0 aliphatic heterocycles. The molecule has 0 saturated carbocycles. The van der Waals surface area contributed by atoms with E-state index in [0.29, 0.717) is 12.8 Å². The van der Waals surface area contributed by atoms with Crippen LogP contribution in [0.4, 0.5) is 0 Å². The van der Waals surface area contributed by atoms with Crippen LogP contribution < -0.4 is 0 Å². The van der Waals surface area contributed by atoms with Gasteiger partial charge in [0.1, 0.15) is 5.78 Å². The van der Waals surface area contributed by atoms with Gasteiger partial charge in [0.15, 0.2) is 0 Å². The molecule has 0 fully saturated rings. The predicted octanol–water partition coefficient (Wildman–Crippen LogP) is 4.22. The van der Waals surface area contributed by atoms with Gasteiger partial charge in [-0.05, 0) is 24.0 Å². The zero-order chi connectivity index (χ0) is 12.6. The number of carbonyl (C=O) groups excluding carboxylic acids is 1. The van der Waals surface area contributed by atoms with Crippen LogP contribution in [0.15, 0.2) is 71.9 Å². The summed E-state index contributed by atoms with van der Waals surface area (Å²) < 4.78 is 0. The molecule has 1 nitrogen and oxygen atoms in total. The van der Waals surface area contributed by atoms with Crippen LogP contribution in [0.3, 0.4) is 0 Å². The lowest BCUT2D eigenvalue weighted by Gasteiger charge is -2.01. The lowest BCUT2D eigenvalue weighted by molar-refractivity contribution is -0.117. The van der Waals surface area contributed by atoms with Gasteiger partial charge in [0.25, 0.3) is 0 Å². The second-order valence-electron chi connectivity index (χ2n) is 4.44. The van der Waals surface area contributed by atoms with Crippen molar-refractivity contribution < 1.29 is 4.79 Å². The van der Waals surface area contributed by atoms with Gasteiger partial charge in [-0.25, -0.2) is 0 Å². The zero-order valence-electron chi connectivity index (χ0n) is 10.5. The molecule has 0 bridgehead atoms. The maximum atomic E-state index is 11.7. The quantitative estimate of drug-likeness (QED) is 0.716. The highest BCUT2D eigenvalue weighted by molar-refractivity contribution is 5.81. The number of Topliss-reactive ketones (excluding diaryl/α,β-unsaturated/α-hetero) is 1. The molecule has 0 atom stereocenters. The first-order valence-electron chi connectivity index (χ1n) is 6.43. The molecule has 0 aromatic rings. The molecule has 0 spiro atoms. The van der Waals surface area contributed by atoms with E-state index in [0.717, 1.165) is 24.0 Å². The molecule has 0 aromatic carbocycles. The summed E-state index contributed by atoms with van der Waals surface area (Å²) in [4.78, 5) is 11.7. The number of rotatable bonds is 4. The van der Waals surface area contributed by atoms with Crippen LogP contribution >= 0.6 is 0 Å². The van der Waals surface area contributed by atoms with Crippen molar-refractivity contribution in [2.75, 3.05) is 0 Å². The molecular formula is C17H18O. The van der Waals surface area contributed by atoms with E-state index in [4.69, 9.17) is 0 Å². The minimum atomic E-state index is 0.259. The summed E-state index contributed by atoms with van der Waals surface area (Å²) in [6.45, 7) is 0. The summed E-state index contributed by atoms with van der Waals surface area (Å²) in [6.07, 6.45) is 23.7. The monoisotopic (exact) mass is 238 g/mol. The van der Waals surface area contributed by atoms with Crippen molar-refractivity contribution in [2.45, 2.75) is 25.7 Å². The third-order valence-electron chi connectivity index (χ3n) is 2.92. The number of hydrogen-bond acceptors (Lipinski definition) is 1. The van der Waals surface area contributed by atoms with Crippen molar-refractivity contribution in [1.82, 2.24) is 0 Å². The lowest BCUT2D eigenvalue weighted by Crippen LogP contribution is -1.94. The second kappa shape index (κ2) is 6.75. The fraction of sp³-hybridized carbons (Fsp3) is 0.235. The van der Waals surface area contributed by atoms with E-state index in [9.17, 15) is 4.79 Å². The van der Waals surface area contributed by atoms with Crippen molar-refractivity contribution >= 4 is 5.78 Å². The Morgan fingerprint density at radius 3 is 1.61 bits per heavy atom. The smallest absolute Gasteiger partial charge is 0.140 e. The Kier molecular flexibility index (Phi) is 4.71. The van der Waals surface area contributed by atoms with Crippen LogP contribution in [-0.2, 0) is 4.79 Å². The first kappa shape index (κ1) is 12.6. The molecule has 0 unspecified atom stereocenters. The molecule has 2 aliphatic rings. The first-order valence-corrected chi connectivity index (χ1v) is 6.43. The summed E-state index contributed by atoms with van der Waals surface area (Å²) in [5.74, 6) is 0.259. The third kappa shape index (κ3) is 4.17. The second-order valence-corrected chi connectivity index (χ2v) is 4.44. The van der Waals surface area contributed by atoms with E-state index >= 15 is 0 Å². The zero-order valence-corrected chi connectivity index (χ0v) is 10.5. The van der Waals surface area contributed by atoms with E-state index in [1.165, 1.54) is 0 Å². The van der Waals surface area contributed by atoms with E-state index in [1.807, 2.05) is 12.2 Å². The van der Waals surface area contributed by atoms with Gasteiger partial charge in [-0.2, -0.15) is 0 Å². The molecule has 2 aliphatic carbocycles. The molecule has 2 rings (SSSR count). The average molecular weight is 238 g/mol. The summed E-state index contributed by atoms with van der Waals surface area (Å²) in [7, 11) is 0. The molecule has 92 valence electrons. The highest BCUT2D eigenvalue weighted by atomic mass is 16.1. The molecule has 0 saturated heterocycles. The Hall–Kier alpha value is -1.89. The van der Waals surface area contributed by atoms with Crippen molar-refractivity contribution in [3.05, 3.63) is 71.9 Å². The van der Waals surface area contributed by atoms with Crippen LogP contribution in [0.1, 0.15) is 25.7 Å². The highest BCUT2D eigenvalue weighted by Crippen LogP contribution is 2.11. The van der Waals surface area contributed by atoms with E-state index in [2.05, 4.69) is 48.6 Å². The molecule has 0 aromatic heterocycles. The number of carbonyl (C=O) groups is 1. The topological polar surface area (TPSA) is 17.1 Å². The van der Waals surface area contributed by atoms with Crippen molar-refractivity contribution in [2.24, 2.45) is 0 Å². The van der Waals surface area contributed by atoms with Gasteiger partial charge in [-0.1, -0.05) is 60.8 Å². The Morgan fingerprint density at radius 2 is 1.22 bits per heavy atom. The number of ketones is 1. The molecule has 0 radical (unpaired) electrons. The average Bonchev–Trinajstić information content (AvgIpc) is 2.45. The summed E-state index contributed by atoms with van der Waals surface area (Å²) in [5.41, 5.74) is 2.28. The summed E-state index contributed by atoms with van der Waals surface area (Å²) in [6, 6.07) is 0. The van der Waals surface area contributed by atoms with Crippen LogP contribution in [0.2, 0.25) is 0 Å². The normalized spacial score (nSPS) is 17.1. The fourth-order valence-electron chi connectivity index (χ4n) is 1.90. The van der Waals surface area contributed by atoms with Gasteiger partial charge < -0.3 is 0 Å². The van der Waals surface area contributed by atoms with E-state index < -0.39 is 0 Å². The SMILES string of the molecule is O=C(CC=C1C=CCC=C1)CC=C1C=CCC=C1. The van der Waals surface area contributed by atoms with Crippen LogP contribution in [0, 0.1) is 0 Å². The van der Waals surface area contributed by atoms with Gasteiger partial charge in [-0.3, -0.25) is 4.79 Å². The van der Waals surface area contributed by atoms with Gasteiger partial charge in [0.2, 0.25) is 0 Å². The van der Waals surface area contributed by atoms with E-state index in [1.54, 1.807) is 0 Å². The van der Waals surface area contributed by atoms with Gasteiger partial charge in [-0.15, -0.1) is 0 Å². The van der Waals surface area contributed by atoms with Gasteiger partial charge in [0, 0.05) is 12.8 Å². The molecule has 0 amide bonds. The van der Waals surface area contributed by atoms with Crippen LogP contribution in [0.5, 0.6) is 0 Å². The Labute approximate surface area is 109 Å². The lowest BCUT2D eigenvalue weighted by atomic mass is 10.0. The predicted molar refractivity (Wildman–Crippen MR) is 76.2 cm³/mol. The van der Waals surface area contributed by atoms with Crippen molar-refractivity contribution in [1.29, 1.82) is 0 Å². The largest absolute Gasteiger partial charge is 0.299 e. The first-order chi connectivity index (χ1) is 8.84. The fourth-order valence-corrected chi connectivity index (χ4v) is 1.90. The minimum Gasteiger partial charge on any atom is -0.299 e. The summed E-state index contributed by atoms with van der Waals surface area (Å²) in [5, 5.41) is 0. The molecule has 0 N–H and O–H groups in total. The van der Waals surface area contributed by atoms with Crippen molar-refractivity contribution in [3.63, 3.8) is 0 Å². The molecular weight excluding hydrogens is 220 g/mol. The van der Waals surface area contributed by atoms with E-state index in [-0.39, 0.29) is 5.78 Å². The molecule has 1 heteroatoms. The minimum absolute atomic E-state index is 0.259. The van der Waals surface area contributed by atoms with Crippen LogP contribution in [0.25, 0.3) is 0 Å². The standard InChI is InChI=1S/C17H18O/c18-17(13-11-15-7-3-1-4-8-15)14-12-16-9-5-2-6-10-16/h3-12H,1-2,13-14H2. The highest BCUT2D eigenvalue weighted by Gasteiger charge is 1.99. The van der Waals surface area contributed by atoms with Gasteiger partial charge in [0.05, 0.1) is 0 Å². The van der Waals surface area contributed by atoms with Crippen LogP contribution in [-0.4, -0.2) is 5.78 Å². The summed E-state index contributed by atoms with van der Waals surface area (Å²) >= 11 is 0. The maximum Gasteiger partial charge on any atom is 0.140 e. The molecule has 0 heterocycles. The number of allylic oxidation sites excluding steroid dienone is 12. The third-order valence-corrected chi connectivity index (χ3v) is 2.92. The number of hydrogen-bond donors (Lipinski definition) is 0. The Morgan fingerprint density at radius 1 is 0.833 bits per heavy atom.